The average molecular weight is 432 g/mol. The van der Waals surface area contributed by atoms with E-state index in [1.165, 1.54) is 17.4 Å². The lowest BCUT2D eigenvalue weighted by Gasteiger charge is -2.29. The van der Waals surface area contributed by atoms with Gasteiger partial charge in [0.05, 0.1) is 35.6 Å². The van der Waals surface area contributed by atoms with Gasteiger partial charge < -0.3 is 14.4 Å². The predicted octanol–water partition coefficient (Wildman–Crippen LogP) is 3.44. The van der Waals surface area contributed by atoms with E-state index in [-0.39, 0.29) is 5.56 Å². The highest BCUT2D eigenvalue weighted by Crippen LogP contribution is 2.39. The van der Waals surface area contributed by atoms with E-state index in [0.717, 1.165) is 35.6 Å². The number of nitro groups is 1. The van der Waals surface area contributed by atoms with Crippen molar-refractivity contribution >= 4 is 44.0 Å². The number of carbonyl (C=O) groups is 1. The summed E-state index contributed by atoms with van der Waals surface area (Å²) in [6.45, 7) is 2.72. The lowest BCUT2D eigenvalue weighted by Crippen LogP contribution is -2.36. The van der Waals surface area contributed by atoms with Crippen LogP contribution in [-0.2, 0) is 4.74 Å². The van der Waals surface area contributed by atoms with E-state index < -0.39 is 22.3 Å². The molecule has 9 nitrogen and oxygen atoms in total. The Kier molecular flexibility index (Phi) is 5.46. The van der Waals surface area contributed by atoms with Crippen molar-refractivity contribution < 1.29 is 23.6 Å². The maximum atomic E-state index is 13.5. The van der Waals surface area contributed by atoms with E-state index in [2.05, 4.69) is 15.2 Å². The fraction of sp³-hybridized carbons (Fsp3) is 0.263. The van der Waals surface area contributed by atoms with Gasteiger partial charge in [-0.15, -0.1) is 0 Å². The number of carbonyl (C=O) groups excluding carboxylic acids is 1. The number of anilines is 2. The normalized spacial score (nSPS) is 14.0. The molecule has 1 saturated heterocycles. The molecule has 0 atom stereocenters. The maximum absolute atomic E-state index is 13.5. The largest absolute Gasteiger partial charge is 0.494 e. The molecule has 0 bridgehead atoms. The average Bonchev–Trinajstić information content (AvgIpc) is 3.17. The zero-order valence-corrected chi connectivity index (χ0v) is 16.7. The minimum Gasteiger partial charge on any atom is -0.494 e. The van der Waals surface area contributed by atoms with Gasteiger partial charge in [0.2, 0.25) is 5.82 Å². The zero-order valence-electron chi connectivity index (χ0n) is 15.9. The van der Waals surface area contributed by atoms with E-state index >= 15 is 0 Å². The van der Waals surface area contributed by atoms with Gasteiger partial charge in [-0.05, 0) is 24.3 Å². The lowest BCUT2D eigenvalue weighted by molar-refractivity contribution is -0.387. The minimum absolute atomic E-state index is 0.0391. The van der Waals surface area contributed by atoms with Crippen LogP contribution in [0.4, 0.5) is 20.9 Å². The van der Waals surface area contributed by atoms with Crippen LogP contribution in [0.3, 0.4) is 0 Å². The van der Waals surface area contributed by atoms with Crippen molar-refractivity contribution in [2.45, 2.75) is 0 Å². The van der Waals surface area contributed by atoms with Crippen molar-refractivity contribution in [3.05, 3.63) is 51.8 Å². The number of aromatic nitrogens is 1. The third-order valence-corrected chi connectivity index (χ3v) is 5.68. The molecule has 1 aliphatic rings. The summed E-state index contributed by atoms with van der Waals surface area (Å²) in [5.41, 5.74) is 0.766. The molecule has 11 heteroatoms. The van der Waals surface area contributed by atoms with Crippen molar-refractivity contribution in [1.29, 1.82) is 0 Å². The summed E-state index contributed by atoms with van der Waals surface area (Å²) in [4.78, 5) is 29.3. The fourth-order valence-corrected chi connectivity index (χ4v) is 4.22. The summed E-state index contributed by atoms with van der Waals surface area (Å²) in [6, 6.07) is 6.74. The van der Waals surface area contributed by atoms with Crippen LogP contribution < -0.4 is 15.0 Å². The van der Waals surface area contributed by atoms with E-state index in [1.54, 1.807) is 7.11 Å². The highest BCUT2D eigenvalue weighted by Gasteiger charge is 2.21. The highest BCUT2D eigenvalue weighted by molar-refractivity contribution is 7.23. The molecule has 30 heavy (non-hydrogen) atoms. The van der Waals surface area contributed by atoms with Gasteiger partial charge >= 0.3 is 5.69 Å². The van der Waals surface area contributed by atoms with Gasteiger partial charge in [0.25, 0.3) is 5.91 Å². The molecule has 0 unspecified atom stereocenters. The number of fused-ring (bicyclic) bond motifs is 1. The van der Waals surface area contributed by atoms with Gasteiger partial charge in [0, 0.05) is 24.7 Å². The smallest absolute Gasteiger partial charge is 0.305 e. The van der Waals surface area contributed by atoms with Gasteiger partial charge in [0.15, 0.2) is 5.13 Å². The molecule has 1 N–H and O–H groups in total. The first-order chi connectivity index (χ1) is 14.5. The predicted molar refractivity (Wildman–Crippen MR) is 110 cm³/mol. The van der Waals surface area contributed by atoms with Crippen molar-refractivity contribution in [1.82, 2.24) is 4.98 Å². The SMILES string of the molecule is COc1ccc(N2CCOCC2)c2sc(NC(=O)c3ccc(F)c([N+](=O)[O-])c3)nc12. The molecule has 1 aromatic heterocycles. The second kappa shape index (κ2) is 8.20. The third-order valence-electron chi connectivity index (χ3n) is 4.68. The number of thiazole rings is 1. The number of methoxy groups -OCH3 is 1. The Morgan fingerprint density at radius 3 is 2.80 bits per heavy atom. The summed E-state index contributed by atoms with van der Waals surface area (Å²) in [5, 5.41) is 13.9. The molecule has 4 rings (SSSR count). The Bertz CT molecular complexity index is 1130. The first kappa shape index (κ1) is 20.0. The van der Waals surface area contributed by atoms with Crippen LogP contribution in [0.15, 0.2) is 30.3 Å². The lowest BCUT2D eigenvalue weighted by atomic mass is 10.2. The molecule has 0 radical (unpaired) electrons. The quantitative estimate of drug-likeness (QED) is 0.486. The Balaban J connectivity index is 1.67. The van der Waals surface area contributed by atoms with E-state index in [1.807, 2.05) is 12.1 Å². The summed E-state index contributed by atoms with van der Waals surface area (Å²) < 4.78 is 25.2. The van der Waals surface area contributed by atoms with Crippen LogP contribution in [0, 0.1) is 15.9 Å². The number of hydrogen-bond acceptors (Lipinski definition) is 8. The van der Waals surface area contributed by atoms with Crippen LogP contribution >= 0.6 is 11.3 Å². The molecule has 1 aliphatic heterocycles. The van der Waals surface area contributed by atoms with Gasteiger partial charge in [-0.1, -0.05) is 11.3 Å². The summed E-state index contributed by atoms with van der Waals surface area (Å²) in [6.07, 6.45) is 0. The number of rotatable bonds is 5. The number of amides is 1. The Morgan fingerprint density at radius 1 is 1.33 bits per heavy atom. The summed E-state index contributed by atoms with van der Waals surface area (Å²) >= 11 is 1.27. The number of nitro benzene ring substituents is 1. The molecule has 1 amide bonds. The summed E-state index contributed by atoms with van der Waals surface area (Å²) in [7, 11) is 1.54. The number of nitrogens with one attached hydrogen (secondary N) is 1. The number of ether oxygens (including phenoxy) is 2. The van der Waals surface area contributed by atoms with Crippen LogP contribution in [0.2, 0.25) is 0 Å². The highest BCUT2D eigenvalue weighted by atomic mass is 32.1. The fourth-order valence-electron chi connectivity index (χ4n) is 3.20. The van der Waals surface area contributed by atoms with Crippen LogP contribution in [0.5, 0.6) is 5.75 Å². The molecular formula is C19H17FN4O5S. The number of benzene rings is 2. The standard InChI is InChI=1S/C19H17FN4O5S/c1-28-15-5-4-13(23-6-8-29-9-7-23)17-16(15)21-19(30-17)22-18(25)11-2-3-12(20)14(10-11)24(26)27/h2-5,10H,6-9H2,1H3,(H,21,22,25). The monoisotopic (exact) mass is 432 g/mol. The van der Waals surface area contributed by atoms with E-state index in [0.29, 0.717) is 29.6 Å². The second-order valence-corrected chi connectivity index (χ2v) is 7.46. The van der Waals surface area contributed by atoms with E-state index in [9.17, 15) is 19.3 Å². The molecule has 0 aliphatic carbocycles. The number of hydrogen-bond donors (Lipinski definition) is 1. The zero-order chi connectivity index (χ0) is 21.3. The Hall–Kier alpha value is -3.31. The first-order valence-electron chi connectivity index (χ1n) is 9.03. The molecule has 156 valence electrons. The van der Waals surface area contributed by atoms with Crippen molar-refractivity contribution in [2.24, 2.45) is 0 Å². The van der Waals surface area contributed by atoms with Crippen LogP contribution in [0.1, 0.15) is 10.4 Å². The molecule has 0 saturated carbocycles. The van der Waals surface area contributed by atoms with Crippen LogP contribution in [0.25, 0.3) is 10.2 Å². The summed E-state index contributed by atoms with van der Waals surface area (Å²) in [5.74, 6) is -1.06. The van der Waals surface area contributed by atoms with Gasteiger partial charge in [-0.25, -0.2) is 4.98 Å². The molecule has 3 aromatic rings. The van der Waals surface area contributed by atoms with E-state index in [4.69, 9.17) is 9.47 Å². The Labute approximate surface area is 174 Å². The molecule has 2 heterocycles. The van der Waals surface area contributed by atoms with Gasteiger partial charge in [-0.3, -0.25) is 20.2 Å². The first-order valence-corrected chi connectivity index (χ1v) is 9.85. The third kappa shape index (κ3) is 3.76. The molecular weight excluding hydrogens is 415 g/mol. The van der Waals surface area contributed by atoms with Crippen molar-refractivity contribution in [3.8, 4) is 5.75 Å². The number of morpholine rings is 1. The number of halogens is 1. The molecule has 0 spiro atoms. The molecule has 1 fully saturated rings. The van der Waals surface area contributed by atoms with Crippen molar-refractivity contribution in [3.63, 3.8) is 0 Å². The maximum Gasteiger partial charge on any atom is 0.305 e. The minimum atomic E-state index is -1.00. The van der Waals surface area contributed by atoms with Crippen LogP contribution in [-0.4, -0.2) is 49.2 Å². The van der Waals surface area contributed by atoms with Gasteiger partial charge in [-0.2, -0.15) is 4.39 Å². The molecule has 2 aromatic carbocycles. The topological polar surface area (TPSA) is 107 Å². The van der Waals surface area contributed by atoms with Crippen molar-refractivity contribution in [2.75, 3.05) is 43.6 Å². The van der Waals surface area contributed by atoms with Gasteiger partial charge in [0.1, 0.15) is 11.3 Å². The number of nitrogens with zero attached hydrogens (tertiary/aromatic N) is 3. The second-order valence-electron chi connectivity index (χ2n) is 6.46. The Morgan fingerprint density at radius 2 is 2.10 bits per heavy atom.